The molecule has 8 heteroatoms. The van der Waals surface area contributed by atoms with Gasteiger partial charge in [0.05, 0.1) is 12.8 Å². The van der Waals surface area contributed by atoms with Gasteiger partial charge in [-0.25, -0.2) is 9.27 Å². The SMILES string of the molecule is COC(=O)Cn1ccc2cc(N(C)OS(=O)[O-])ccc21. The molecule has 1 unspecified atom stereocenters. The Hall–Kier alpha value is -1.90. The Bertz CT molecular complexity index is 654. The number of rotatable bonds is 5. The van der Waals surface area contributed by atoms with Gasteiger partial charge in [0.25, 0.3) is 0 Å². The molecule has 1 aromatic heterocycles. The third-order valence-electron chi connectivity index (χ3n) is 2.82. The highest BCUT2D eigenvalue weighted by atomic mass is 32.2. The van der Waals surface area contributed by atoms with Gasteiger partial charge >= 0.3 is 5.97 Å². The molecule has 1 aromatic carbocycles. The molecular formula is C12H13N2O5S-. The summed E-state index contributed by atoms with van der Waals surface area (Å²) in [6.45, 7) is 0.121. The third kappa shape index (κ3) is 3.16. The molecule has 0 spiro atoms. The summed E-state index contributed by atoms with van der Waals surface area (Å²) in [6.07, 6.45) is 1.76. The molecule has 1 atom stereocenters. The number of carbonyl (C=O) groups excluding carboxylic acids is 1. The van der Waals surface area contributed by atoms with Crippen LogP contribution in [0.2, 0.25) is 0 Å². The van der Waals surface area contributed by atoms with E-state index in [0.29, 0.717) is 5.69 Å². The van der Waals surface area contributed by atoms with Crippen molar-refractivity contribution in [3.63, 3.8) is 0 Å². The van der Waals surface area contributed by atoms with Crippen molar-refractivity contribution in [3.8, 4) is 0 Å². The normalized spacial score (nSPS) is 12.3. The Morgan fingerprint density at radius 3 is 2.85 bits per heavy atom. The number of hydroxylamine groups is 1. The Morgan fingerprint density at radius 1 is 1.45 bits per heavy atom. The molecule has 0 saturated heterocycles. The zero-order valence-corrected chi connectivity index (χ0v) is 11.8. The van der Waals surface area contributed by atoms with E-state index in [9.17, 15) is 13.6 Å². The molecule has 108 valence electrons. The van der Waals surface area contributed by atoms with Crippen LogP contribution < -0.4 is 5.06 Å². The van der Waals surface area contributed by atoms with Gasteiger partial charge in [0, 0.05) is 24.1 Å². The lowest BCUT2D eigenvalue weighted by molar-refractivity contribution is -0.141. The standard InChI is InChI=1S/C12H14N2O5S/c1-13(19-20(16)17)10-3-4-11-9(7-10)5-6-14(11)8-12(15)18-2/h3-7H,8H2,1-2H3,(H,16,17)/p-1. The van der Waals surface area contributed by atoms with Crippen molar-refractivity contribution in [2.45, 2.75) is 6.54 Å². The first-order valence-electron chi connectivity index (χ1n) is 5.68. The van der Waals surface area contributed by atoms with Gasteiger partial charge in [-0.15, -0.1) is 0 Å². The zero-order chi connectivity index (χ0) is 14.7. The van der Waals surface area contributed by atoms with Crippen molar-refractivity contribution in [2.75, 3.05) is 19.2 Å². The summed E-state index contributed by atoms with van der Waals surface area (Å²) in [7, 11) is 2.82. The molecule has 0 fully saturated rings. The van der Waals surface area contributed by atoms with Crippen LogP contribution in [-0.2, 0) is 31.7 Å². The van der Waals surface area contributed by atoms with Crippen LogP contribution in [-0.4, -0.2) is 33.5 Å². The van der Waals surface area contributed by atoms with Gasteiger partial charge in [-0.1, -0.05) is 0 Å². The highest BCUT2D eigenvalue weighted by Gasteiger charge is 2.08. The Kier molecular flexibility index (Phi) is 4.38. The van der Waals surface area contributed by atoms with Crippen LogP contribution in [0.25, 0.3) is 10.9 Å². The third-order valence-corrected chi connectivity index (χ3v) is 3.16. The topological polar surface area (TPSA) is 83.8 Å². The predicted octanol–water partition coefficient (Wildman–Crippen LogP) is 0.976. The summed E-state index contributed by atoms with van der Waals surface area (Å²) in [6, 6.07) is 7.06. The van der Waals surface area contributed by atoms with Crippen molar-refractivity contribution < 1.29 is 22.6 Å². The minimum Gasteiger partial charge on any atom is -0.748 e. The van der Waals surface area contributed by atoms with Crippen LogP contribution in [0, 0.1) is 0 Å². The van der Waals surface area contributed by atoms with Crippen molar-refractivity contribution in [2.24, 2.45) is 0 Å². The van der Waals surface area contributed by atoms with Crippen LogP contribution in [0.1, 0.15) is 0 Å². The van der Waals surface area contributed by atoms with Crippen molar-refractivity contribution in [3.05, 3.63) is 30.5 Å². The summed E-state index contributed by atoms with van der Waals surface area (Å²) >= 11 is -2.62. The van der Waals surface area contributed by atoms with E-state index in [2.05, 4.69) is 9.02 Å². The number of benzene rings is 1. The number of ether oxygens (including phenoxy) is 1. The fraction of sp³-hybridized carbons (Fsp3) is 0.250. The Balaban J connectivity index is 2.28. The summed E-state index contributed by atoms with van der Waals surface area (Å²) in [4.78, 5) is 11.3. The van der Waals surface area contributed by atoms with Gasteiger partial charge in [0.15, 0.2) is 0 Å². The fourth-order valence-electron chi connectivity index (χ4n) is 1.86. The highest BCUT2D eigenvalue weighted by molar-refractivity contribution is 7.74. The zero-order valence-electron chi connectivity index (χ0n) is 10.9. The van der Waals surface area contributed by atoms with E-state index in [1.54, 1.807) is 29.0 Å². The number of aromatic nitrogens is 1. The number of anilines is 1. The molecule has 7 nitrogen and oxygen atoms in total. The van der Waals surface area contributed by atoms with E-state index >= 15 is 0 Å². The number of hydrogen-bond acceptors (Lipinski definition) is 6. The molecule has 0 amide bonds. The van der Waals surface area contributed by atoms with Crippen LogP contribution in [0.5, 0.6) is 0 Å². The molecule has 0 aliphatic heterocycles. The molecule has 0 N–H and O–H groups in total. The van der Waals surface area contributed by atoms with Gasteiger partial charge < -0.3 is 13.9 Å². The largest absolute Gasteiger partial charge is 0.748 e. The molecule has 2 rings (SSSR count). The predicted molar refractivity (Wildman–Crippen MR) is 72.4 cm³/mol. The Labute approximate surface area is 118 Å². The van der Waals surface area contributed by atoms with E-state index in [1.807, 2.05) is 6.07 Å². The average molecular weight is 297 g/mol. The summed E-state index contributed by atoms with van der Waals surface area (Å²) in [5.74, 6) is -0.339. The highest BCUT2D eigenvalue weighted by Crippen LogP contribution is 2.23. The van der Waals surface area contributed by atoms with Crippen LogP contribution in [0.4, 0.5) is 5.69 Å². The van der Waals surface area contributed by atoms with Crippen molar-refractivity contribution >= 4 is 33.9 Å². The summed E-state index contributed by atoms with van der Waals surface area (Å²) < 4.78 is 31.9. The van der Waals surface area contributed by atoms with Crippen LogP contribution in [0.3, 0.4) is 0 Å². The van der Waals surface area contributed by atoms with E-state index in [-0.39, 0.29) is 12.5 Å². The lowest BCUT2D eigenvalue weighted by Gasteiger charge is -2.19. The van der Waals surface area contributed by atoms with Gasteiger partial charge in [-0.2, -0.15) is 4.28 Å². The van der Waals surface area contributed by atoms with Gasteiger partial charge in [0.1, 0.15) is 17.9 Å². The fourth-order valence-corrected chi connectivity index (χ4v) is 2.13. The quantitative estimate of drug-likeness (QED) is 0.464. The van der Waals surface area contributed by atoms with Crippen molar-refractivity contribution in [1.29, 1.82) is 0 Å². The number of fused-ring (bicyclic) bond motifs is 1. The second-order valence-electron chi connectivity index (χ2n) is 4.04. The molecule has 0 radical (unpaired) electrons. The molecule has 1 heterocycles. The van der Waals surface area contributed by atoms with Crippen LogP contribution >= 0.6 is 0 Å². The number of carbonyl (C=O) groups is 1. The molecular weight excluding hydrogens is 284 g/mol. The number of esters is 1. The van der Waals surface area contributed by atoms with E-state index in [0.717, 1.165) is 16.0 Å². The Morgan fingerprint density at radius 2 is 2.20 bits per heavy atom. The maximum Gasteiger partial charge on any atom is 0.325 e. The van der Waals surface area contributed by atoms with Gasteiger partial charge in [-0.05, 0) is 24.3 Å². The first-order valence-corrected chi connectivity index (χ1v) is 6.68. The van der Waals surface area contributed by atoms with E-state index in [1.165, 1.54) is 14.2 Å². The first kappa shape index (κ1) is 14.5. The summed E-state index contributed by atoms with van der Waals surface area (Å²) in [5, 5.41) is 2.00. The molecule has 20 heavy (non-hydrogen) atoms. The number of nitrogens with zero attached hydrogens (tertiary/aromatic N) is 2. The second kappa shape index (κ2) is 6.04. The molecule has 2 aromatic rings. The van der Waals surface area contributed by atoms with Gasteiger partial charge in [0.2, 0.25) is 0 Å². The molecule has 0 saturated carbocycles. The lowest BCUT2D eigenvalue weighted by atomic mass is 10.2. The first-order chi connectivity index (χ1) is 9.51. The van der Waals surface area contributed by atoms with Gasteiger partial charge in [-0.3, -0.25) is 4.79 Å². The maximum atomic E-state index is 11.3. The minimum atomic E-state index is -2.62. The second-order valence-corrected chi connectivity index (χ2v) is 4.60. The summed E-state index contributed by atoms with van der Waals surface area (Å²) in [5.41, 5.74) is 1.42. The maximum absolute atomic E-state index is 11.3. The van der Waals surface area contributed by atoms with Crippen LogP contribution in [0.15, 0.2) is 30.5 Å². The molecule has 0 aliphatic rings. The smallest absolute Gasteiger partial charge is 0.325 e. The van der Waals surface area contributed by atoms with E-state index < -0.39 is 11.4 Å². The average Bonchev–Trinajstić information content (AvgIpc) is 2.80. The van der Waals surface area contributed by atoms with E-state index in [4.69, 9.17) is 0 Å². The van der Waals surface area contributed by atoms with Crippen molar-refractivity contribution in [1.82, 2.24) is 4.57 Å². The number of methoxy groups -OCH3 is 1. The number of hydrogen-bond donors (Lipinski definition) is 0. The monoisotopic (exact) mass is 297 g/mol. The molecule has 0 bridgehead atoms. The minimum absolute atomic E-state index is 0.121. The molecule has 0 aliphatic carbocycles. The lowest BCUT2D eigenvalue weighted by Crippen LogP contribution is -2.18.